The van der Waals surface area contributed by atoms with E-state index in [0.29, 0.717) is 25.6 Å². The molecule has 27 heavy (non-hydrogen) atoms. The van der Waals surface area contributed by atoms with Crippen LogP contribution in [0.25, 0.3) is 0 Å². The van der Waals surface area contributed by atoms with E-state index in [1.807, 2.05) is 37.8 Å². The smallest absolute Gasteiger partial charge is 0.410 e. The molecule has 2 N–H and O–H groups in total. The third kappa shape index (κ3) is 3.62. The number of piperidine rings is 1. The molecule has 0 aromatic heterocycles. The number of nitrogens with zero attached hydrogens (tertiary/aromatic N) is 2. The van der Waals surface area contributed by atoms with Gasteiger partial charge in [-0.1, -0.05) is 0 Å². The maximum atomic E-state index is 13.0. The number of hydrogen-bond donors (Lipinski definition) is 1. The number of likely N-dealkylation sites (tertiary alicyclic amines) is 1. The molecule has 6 heteroatoms. The second-order valence-corrected chi connectivity index (χ2v) is 9.04. The Balaban J connectivity index is 1.41. The second-order valence-electron chi connectivity index (χ2n) is 9.04. The van der Waals surface area contributed by atoms with E-state index in [0.717, 1.165) is 35.2 Å². The fourth-order valence-corrected chi connectivity index (χ4v) is 4.15. The summed E-state index contributed by atoms with van der Waals surface area (Å²) in [5, 5.41) is 0. The van der Waals surface area contributed by atoms with Gasteiger partial charge < -0.3 is 20.3 Å². The van der Waals surface area contributed by atoms with Crippen molar-refractivity contribution in [2.45, 2.75) is 70.6 Å². The number of carbonyl (C=O) groups is 2. The molecule has 6 nitrogen and oxygen atoms in total. The lowest BCUT2D eigenvalue weighted by Crippen LogP contribution is -2.48. The van der Waals surface area contributed by atoms with Crippen LogP contribution in [0.2, 0.25) is 0 Å². The van der Waals surface area contributed by atoms with E-state index in [1.165, 1.54) is 12.8 Å². The fourth-order valence-electron chi connectivity index (χ4n) is 4.15. The maximum absolute atomic E-state index is 13.0. The zero-order valence-electron chi connectivity index (χ0n) is 16.5. The summed E-state index contributed by atoms with van der Waals surface area (Å²) in [6.07, 6.45) is 3.64. The average molecular weight is 371 g/mol. The Morgan fingerprint density at radius 2 is 1.81 bits per heavy atom. The Hall–Kier alpha value is -2.24. The van der Waals surface area contributed by atoms with Crippen LogP contribution < -0.4 is 5.73 Å². The maximum Gasteiger partial charge on any atom is 0.410 e. The molecule has 1 saturated heterocycles. The Labute approximate surface area is 160 Å². The first-order valence-electron chi connectivity index (χ1n) is 9.94. The van der Waals surface area contributed by atoms with Gasteiger partial charge in [0.2, 0.25) is 0 Å². The van der Waals surface area contributed by atoms with Crippen LogP contribution in [0, 0.1) is 0 Å². The van der Waals surface area contributed by atoms with Crippen LogP contribution in [-0.2, 0) is 11.3 Å². The van der Waals surface area contributed by atoms with Gasteiger partial charge in [0.25, 0.3) is 5.91 Å². The number of benzene rings is 1. The molecule has 0 atom stereocenters. The van der Waals surface area contributed by atoms with Crippen molar-refractivity contribution in [1.82, 2.24) is 9.80 Å². The highest BCUT2D eigenvalue weighted by Crippen LogP contribution is 2.44. The largest absolute Gasteiger partial charge is 0.444 e. The molecule has 0 spiro atoms. The summed E-state index contributed by atoms with van der Waals surface area (Å²) in [6, 6.07) is 4.19. The van der Waals surface area contributed by atoms with Gasteiger partial charge >= 0.3 is 6.09 Å². The van der Waals surface area contributed by atoms with Crippen molar-refractivity contribution in [3.63, 3.8) is 0 Å². The predicted octanol–water partition coefficient (Wildman–Crippen LogP) is 3.50. The van der Waals surface area contributed by atoms with Crippen molar-refractivity contribution in [2.75, 3.05) is 18.8 Å². The first kappa shape index (κ1) is 18.1. The molecule has 2 amide bonds. The van der Waals surface area contributed by atoms with Gasteiger partial charge in [-0.2, -0.15) is 0 Å². The van der Waals surface area contributed by atoms with E-state index in [2.05, 4.69) is 0 Å². The monoisotopic (exact) mass is 371 g/mol. The van der Waals surface area contributed by atoms with Crippen LogP contribution in [0.5, 0.6) is 0 Å². The summed E-state index contributed by atoms with van der Waals surface area (Å²) in [6.45, 7) is 7.49. The van der Waals surface area contributed by atoms with Crippen LogP contribution in [0.1, 0.15) is 73.9 Å². The predicted molar refractivity (Wildman–Crippen MR) is 104 cm³/mol. The van der Waals surface area contributed by atoms with Crippen molar-refractivity contribution < 1.29 is 14.3 Å². The lowest BCUT2D eigenvalue weighted by molar-refractivity contribution is 0.0148. The SMILES string of the molecule is CC(C)(C)OC(=O)N1CCC(N2Cc3cc(N)c(C4CC4)cc3C2=O)CC1. The zero-order chi connectivity index (χ0) is 19.3. The van der Waals surface area contributed by atoms with Crippen LogP contribution in [0.15, 0.2) is 12.1 Å². The molecule has 1 aromatic rings. The minimum absolute atomic E-state index is 0.114. The molecule has 146 valence electrons. The van der Waals surface area contributed by atoms with Gasteiger partial charge in [-0.25, -0.2) is 4.79 Å². The van der Waals surface area contributed by atoms with Gasteiger partial charge in [-0.05, 0) is 75.6 Å². The van der Waals surface area contributed by atoms with Crippen molar-refractivity contribution in [3.05, 3.63) is 28.8 Å². The van der Waals surface area contributed by atoms with Crippen LogP contribution in [0.3, 0.4) is 0 Å². The molecule has 2 fully saturated rings. The Bertz CT molecular complexity index is 772. The van der Waals surface area contributed by atoms with Crippen LogP contribution in [0.4, 0.5) is 10.5 Å². The summed E-state index contributed by atoms with van der Waals surface area (Å²) < 4.78 is 5.46. The highest BCUT2D eigenvalue weighted by Gasteiger charge is 2.37. The van der Waals surface area contributed by atoms with Gasteiger partial charge in [-0.3, -0.25) is 4.79 Å². The molecule has 0 unspecified atom stereocenters. The number of fused-ring (bicyclic) bond motifs is 1. The number of nitrogen functional groups attached to an aromatic ring is 1. The Morgan fingerprint density at radius 3 is 2.41 bits per heavy atom. The summed E-state index contributed by atoms with van der Waals surface area (Å²) in [5.74, 6) is 0.650. The van der Waals surface area contributed by atoms with E-state index in [4.69, 9.17) is 10.5 Å². The molecule has 2 heterocycles. The molecule has 1 aliphatic carbocycles. The highest BCUT2D eigenvalue weighted by atomic mass is 16.6. The number of anilines is 1. The number of ether oxygens (including phenoxy) is 1. The van der Waals surface area contributed by atoms with Crippen molar-refractivity contribution in [3.8, 4) is 0 Å². The molecule has 1 aromatic carbocycles. The molecule has 4 rings (SSSR count). The first-order chi connectivity index (χ1) is 12.7. The number of rotatable bonds is 2. The number of amides is 2. The Morgan fingerprint density at radius 1 is 1.15 bits per heavy atom. The second kappa shape index (κ2) is 6.43. The van der Waals surface area contributed by atoms with Crippen molar-refractivity contribution in [2.24, 2.45) is 0 Å². The summed E-state index contributed by atoms with van der Waals surface area (Å²) in [5.41, 5.74) is 9.56. The third-order valence-corrected chi connectivity index (χ3v) is 5.71. The summed E-state index contributed by atoms with van der Waals surface area (Å²) in [4.78, 5) is 28.9. The van der Waals surface area contributed by atoms with Crippen LogP contribution >= 0.6 is 0 Å². The van der Waals surface area contributed by atoms with Gasteiger partial charge in [0.1, 0.15) is 5.60 Å². The molecule has 3 aliphatic rings. The summed E-state index contributed by atoms with van der Waals surface area (Å²) in [7, 11) is 0. The van der Waals surface area contributed by atoms with Crippen molar-refractivity contribution in [1.29, 1.82) is 0 Å². The number of carbonyl (C=O) groups excluding carboxylic acids is 2. The van der Waals surface area contributed by atoms with E-state index in [9.17, 15) is 9.59 Å². The van der Waals surface area contributed by atoms with Gasteiger partial charge in [0.05, 0.1) is 0 Å². The fraction of sp³-hybridized carbons (Fsp3) is 0.619. The number of hydrogen-bond acceptors (Lipinski definition) is 4. The van der Waals surface area contributed by atoms with E-state index < -0.39 is 5.60 Å². The van der Waals surface area contributed by atoms with E-state index >= 15 is 0 Å². The van der Waals surface area contributed by atoms with Crippen molar-refractivity contribution >= 4 is 17.7 Å². The number of nitrogens with two attached hydrogens (primary N) is 1. The van der Waals surface area contributed by atoms with Gasteiger partial charge in [0.15, 0.2) is 0 Å². The minimum Gasteiger partial charge on any atom is -0.444 e. The van der Waals surface area contributed by atoms with Crippen LogP contribution in [-0.4, -0.2) is 46.5 Å². The molecular weight excluding hydrogens is 342 g/mol. The summed E-state index contributed by atoms with van der Waals surface area (Å²) >= 11 is 0. The molecule has 2 aliphatic heterocycles. The molecule has 1 saturated carbocycles. The molecular formula is C21H29N3O3. The van der Waals surface area contributed by atoms with Gasteiger partial charge in [-0.15, -0.1) is 0 Å². The lowest BCUT2D eigenvalue weighted by atomic mass is 10.0. The topological polar surface area (TPSA) is 75.9 Å². The Kier molecular flexibility index (Phi) is 4.32. The highest BCUT2D eigenvalue weighted by molar-refractivity contribution is 5.99. The van der Waals surface area contributed by atoms with E-state index in [-0.39, 0.29) is 18.0 Å². The van der Waals surface area contributed by atoms with E-state index in [1.54, 1.807) is 4.90 Å². The molecule has 0 radical (unpaired) electrons. The average Bonchev–Trinajstić information content (AvgIpc) is 3.38. The quantitative estimate of drug-likeness (QED) is 0.807. The van der Waals surface area contributed by atoms with Gasteiger partial charge in [0, 0.05) is 36.9 Å². The third-order valence-electron chi connectivity index (χ3n) is 5.71. The first-order valence-corrected chi connectivity index (χ1v) is 9.94. The minimum atomic E-state index is -0.486. The normalized spacial score (nSPS) is 20.8. The lowest BCUT2D eigenvalue weighted by Gasteiger charge is -2.37. The standard InChI is InChI=1S/C21H29N3O3/c1-21(2,3)27-20(26)23-8-6-15(7-9-23)24-12-14-10-18(22)16(13-4-5-13)11-17(14)19(24)25/h10-11,13,15H,4-9,12,22H2,1-3H3. The zero-order valence-corrected chi connectivity index (χ0v) is 16.5. The molecule has 0 bridgehead atoms.